The predicted molar refractivity (Wildman–Crippen MR) is 574 cm³/mol. The molecule has 0 aliphatic heterocycles. The van der Waals surface area contributed by atoms with Crippen molar-refractivity contribution in [2.24, 2.45) is 82.3 Å². The molecule has 139 heavy (non-hydrogen) atoms. The Morgan fingerprint density at radius 2 is 0.424 bits per heavy atom. The van der Waals surface area contributed by atoms with Crippen LogP contribution in [0, 0.1) is 82.3 Å². The third-order valence-corrected chi connectivity index (χ3v) is 25.2. The summed E-state index contributed by atoms with van der Waals surface area (Å²) in [6, 6.07) is 0.481. The molecule has 1 N–H and O–H groups in total. The number of hydrogen-bond acceptors (Lipinski definition) is 21. The van der Waals surface area contributed by atoms with Gasteiger partial charge < -0.3 is 43.2 Å². The van der Waals surface area contributed by atoms with Crippen LogP contribution in [-0.4, -0.2) is 158 Å². The Morgan fingerprint density at radius 1 is 0.230 bits per heavy atom. The maximum absolute atomic E-state index is 12.0. The van der Waals surface area contributed by atoms with Gasteiger partial charge in [-0.3, -0.25) is 57.5 Å². The van der Waals surface area contributed by atoms with Crippen LogP contribution in [0.25, 0.3) is 0 Å². The molecule has 0 aromatic carbocycles. The van der Waals surface area contributed by atoms with E-state index in [-0.39, 0.29) is 111 Å². The summed E-state index contributed by atoms with van der Waals surface area (Å²) in [5.74, 6) is 5.50. The summed E-state index contributed by atoms with van der Waals surface area (Å²) in [5.41, 5.74) is -0.147. The standard InChI is InChI=1S/C23H42O4.C23H44O4.C22H40O4.C20H38O4.C11H20O2.C10H20O.C9H19NO/c1-19(2)11-9-17-26-23(15-6-5-7-16-23)27-18-10-13-21(24)12-8-14-22(25)20(3)4;1-18(2)12-10-16-26-23(8,22(5,6)7)27-17-11-14-20(24)13-9-15-21(25)19(3)4;1-18(2)10-8-16-25-22(14-5-6-15-22)26-17-9-12-20(23)11-7-13-21(24)19(3)4;1-16(2)10-8-14-23-20(5,6)24-15-9-12-18(21)11-7-13-19(22)17(3)4;1-8(2)10(12)6-5-7-11(13)9(3)4;1-8(2)6-5-7-10(11)9(3)4;1-7(2)9(11)5-6-10-8(3)4/h19-20H,5-18H2,1-4H3;18-19H,9-17H2,1-8H3;18-19H,5-17H2,1-4H3;16-17H,7-15H2,1-6H3;8-9H,5-7H2,1-4H3;8-9H,5-7H2,1-4H3;7-8,10H,5-6H2,1-4H3. The van der Waals surface area contributed by atoms with Crippen LogP contribution in [0.1, 0.15) is 518 Å². The van der Waals surface area contributed by atoms with Gasteiger partial charge in [0, 0.05) is 194 Å². The average Bonchev–Trinajstić information content (AvgIpc) is 1.56. The van der Waals surface area contributed by atoms with Crippen LogP contribution in [-0.2, 0) is 95.4 Å². The Bertz CT molecular complexity index is 3100. The second-order valence-electron chi connectivity index (χ2n) is 46.1. The first kappa shape index (κ1) is 143. The molecule has 0 bridgehead atoms. The Hall–Kier alpha value is -4.32. The van der Waals surface area contributed by atoms with E-state index < -0.39 is 23.1 Å². The van der Waals surface area contributed by atoms with Gasteiger partial charge in [0.1, 0.15) is 69.4 Å². The second kappa shape index (κ2) is 85.7. The highest BCUT2D eigenvalue weighted by Gasteiger charge is 2.40. The molecule has 21 nitrogen and oxygen atoms in total. The van der Waals surface area contributed by atoms with Gasteiger partial charge in [-0.1, -0.05) is 227 Å². The molecule has 0 saturated heterocycles. The zero-order chi connectivity index (χ0) is 107. The summed E-state index contributed by atoms with van der Waals surface area (Å²) in [7, 11) is 0. The van der Waals surface area contributed by atoms with Crippen LogP contribution in [0.5, 0.6) is 0 Å². The van der Waals surface area contributed by atoms with E-state index in [1.54, 1.807) is 0 Å². The van der Waals surface area contributed by atoms with E-state index in [1.807, 2.05) is 132 Å². The summed E-state index contributed by atoms with van der Waals surface area (Å²) in [5, 5.41) is 3.21. The Kier molecular flexibility index (Phi) is 88.3. The summed E-state index contributed by atoms with van der Waals surface area (Å²) in [6.45, 7) is 75.1. The Labute approximate surface area is 854 Å². The molecule has 0 aromatic heterocycles. The number of carbonyl (C=O) groups is 12. The molecule has 0 radical (unpaired) electrons. The van der Waals surface area contributed by atoms with E-state index in [9.17, 15) is 57.5 Å². The van der Waals surface area contributed by atoms with E-state index in [0.717, 1.165) is 141 Å². The molecular weight excluding hydrogens is 1750 g/mol. The topological polar surface area (TPSA) is 291 Å². The number of ketones is 12. The first-order chi connectivity index (χ1) is 64.7. The predicted octanol–water partition coefficient (Wildman–Crippen LogP) is 29.5. The van der Waals surface area contributed by atoms with Gasteiger partial charge in [-0.15, -0.1) is 0 Å². The SMILES string of the molecule is CC(C)C(=O)CCCC(=O)C(C)C.CC(C)CCCC(=O)C(C)C.CC(C)CCCOC(C)(C)OCCCC(=O)CCCC(=O)C(C)C.CC(C)CCCOC(C)(OCCCC(=O)CCCC(=O)C(C)C)C(C)(C)C.CC(C)CCCOC1(OCCCC(=O)CCCC(=O)C(C)C)CCCC1.CC(C)CCCOC1(OCCCC(=O)CCCC(=O)C(C)C)CCCCC1.CC(C)NCCC(=O)C(C)C. The van der Waals surface area contributed by atoms with E-state index in [0.29, 0.717) is 222 Å². The van der Waals surface area contributed by atoms with Crippen molar-refractivity contribution < 1.29 is 95.4 Å². The minimum Gasteiger partial charge on any atom is -0.351 e. The maximum atomic E-state index is 12.0. The van der Waals surface area contributed by atoms with E-state index in [2.05, 4.69) is 109 Å². The van der Waals surface area contributed by atoms with Crippen LogP contribution in [0.15, 0.2) is 0 Å². The molecular formula is C118H223NO20. The Morgan fingerprint density at radius 3 is 0.676 bits per heavy atom. The van der Waals surface area contributed by atoms with Crippen LogP contribution >= 0.6 is 0 Å². The van der Waals surface area contributed by atoms with Crippen LogP contribution in [0.2, 0.25) is 0 Å². The van der Waals surface area contributed by atoms with Gasteiger partial charge in [0.25, 0.3) is 0 Å². The molecule has 0 spiro atoms. The van der Waals surface area contributed by atoms with Crippen LogP contribution in [0.3, 0.4) is 0 Å². The smallest absolute Gasteiger partial charge is 0.170 e. The molecule has 2 rings (SSSR count). The van der Waals surface area contributed by atoms with Crippen molar-refractivity contribution >= 4 is 69.4 Å². The number of nitrogens with one attached hydrogen (secondary N) is 1. The summed E-state index contributed by atoms with van der Waals surface area (Å²) < 4.78 is 48.3. The molecule has 1 unspecified atom stereocenters. The van der Waals surface area contributed by atoms with Gasteiger partial charge in [-0.05, 0) is 192 Å². The van der Waals surface area contributed by atoms with Crippen molar-refractivity contribution in [3.05, 3.63) is 0 Å². The third kappa shape index (κ3) is 88.7. The normalized spacial score (nSPS) is 14.1. The molecule has 0 amide bonds. The van der Waals surface area contributed by atoms with Gasteiger partial charge in [0.2, 0.25) is 0 Å². The lowest BCUT2D eigenvalue weighted by Crippen LogP contribution is -2.45. The van der Waals surface area contributed by atoms with Crippen molar-refractivity contribution in [2.75, 3.05) is 59.4 Å². The van der Waals surface area contributed by atoms with Crippen molar-refractivity contribution in [3.63, 3.8) is 0 Å². The minimum atomic E-state index is -0.656. The van der Waals surface area contributed by atoms with Gasteiger partial charge in [0.15, 0.2) is 23.1 Å². The van der Waals surface area contributed by atoms with E-state index in [4.69, 9.17) is 37.9 Å². The average molecular weight is 1980 g/mol. The molecule has 0 heterocycles. The highest BCUT2D eigenvalue weighted by Crippen LogP contribution is 2.38. The fourth-order valence-electron chi connectivity index (χ4n) is 14.7. The quantitative estimate of drug-likeness (QED) is 0.0437. The summed E-state index contributed by atoms with van der Waals surface area (Å²) in [4.78, 5) is 139. The molecule has 2 fully saturated rings. The number of Topliss-reactive ketones (excluding diaryl/α,β-unsaturated/α-hetero) is 12. The number of carbonyl (C=O) groups excluding carboxylic acids is 12. The van der Waals surface area contributed by atoms with Crippen molar-refractivity contribution in [1.82, 2.24) is 5.32 Å². The minimum absolute atomic E-state index is 0.0594. The lowest BCUT2D eigenvalue weighted by atomic mass is 9.86. The van der Waals surface area contributed by atoms with Crippen LogP contribution < -0.4 is 5.32 Å². The summed E-state index contributed by atoms with van der Waals surface area (Å²) >= 11 is 0. The van der Waals surface area contributed by atoms with Gasteiger partial charge in [-0.2, -0.15) is 0 Å². The fourth-order valence-corrected chi connectivity index (χ4v) is 14.7. The maximum Gasteiger partial charge on any atom is 0.170 e. The molecule has 21 heteroatoms. The monoisotopic (exact) mass is 1970 g/mol. The highest BCUT2D eigenvalue weighted by atomic mass is 16.7. The molecule has 1 atom stereocenters. The van der Waals surface area contributed by atoms with E-state index in [1.165, 1.54) is 25.7 Å². The third-order valence-electron chi connectivity index (χ3n) is 25.2. The molecule has 0 aromatic rings. The Balaban J connectivity index is -0.000000516. The van der Waals surface area contributed by atoms with Crippen molar-refractivity contribution in [3.8, 4) is 0 Å². The lowest BCUT2D eigenvalue weighted by Gasteiger charge is -2.41. The van der Waals surface area contributed by atoms with Gasteiger partial charge in [0.05, 0.1) is 52.9 Å². The first-order valence-electron chi connectivity index (χ1n) is 55.9. The molecule has 2 saturated carbocycles. The van der Waals surface area contributed by atoms with Gasteiger partial charge >= 0.3 is 0 Å². The zero-order valence-electron chi connectivity index (χ0n) is 96.7. The zero-order valence-corrected chi connectivity index (χ0v) is 96.7. The molecule has 820 valence electrons. The van der Waals surface area contributed by atoms with Crippen molar-refractivity contribution in [1.29, 1.82) is 0 Å². The number of ether oxygens (including phenoxy) is 8. The van der Waals surface area contributed by atoms with Gasteiger partial charge in [-0.25, -0.2) is 0 Å². The molecule has 2 aliphatic rings. The number of rotatable bonds is 76. The highest BCUT2D eigenvalue weighted by molar-refractivity contribution is 5.85. The second-order valence-corrected chi connectivity index (χ2v) is 46.1. The fraction of sp³-hybridized carbons (Fsp3) is 0.898. The van der Waals surface area contributed by atoms with Crippen LogP contribution in [0.4, 0.5) is 0 Å². The van der Waals surface area contributed by atoms with E-state index >= 15 is 0 Å². The molecule has 2 aliphatic carbocycles. The summed E-state index contributed by atoms with van der Waals surface area (Å²) in [6.07, 6.45) is 35.9. The largest absolute Gasteiger partial charge is 0.351 e. The lowest BCUT2D eigenvalue weighted by molar-refractivity contribution is -0.278. The number of hydrogen-bond donors (Lipinski definition) is 1. The van der Waals surface area contributed by atoms with Crippen molar-refractivity contribution in [2.45, 2.75) is 547 Å². The first-order valence-corrected chi connectivity index (χ1v) is 55.9.